The van der Waals surface area contributed by atoms with Crippen LogP contribution in [0.3, 0.4) is 0 Å². The van der Waals surface area contributed by atoms with Crippen LogP contribution in [-0.4, -0.2) is 27.9 Å². The van der Waals surface area contributed by atoms with Gasteiger partial charge in [0.2, 0.25) is 15.9 Å². The third-order valence-corrected chi connectivity index (χ3v) is 3.66. The zero-order valence-corrected chi connectivity index (χ0v) is 10.6. The number of nitrogens with one attached hydrogen (secondary N) is 2. The van der Waals surface area contributed by atoms with Crippen molar-refractivity contribution in [3.63, 3.8) is 0 Å². The van der Waals surface area contributed by atoms with Crippen molar-refractivity contribution in [3.8, 4) is 0 Å². The number of halogens is 1. The van der Waals surface area contributed by atoms with Crippen LogP contribution in [0.2, 0.25) is 0 Å². The van der Waals surface area contributed by atoms with Gasteiger partial charge in [0.15, 0.2) is 0 Å². The summed E-state index contributed by atoms with van der Waals surface area (Å²) < 4.78 is 39.0. The Kier molecular flexibility index (Phi) is 4.62. The standard InChI is InChI=1S/C10H14FN3O3S/c1-13-10(15)4-5-14-18(16,17)9-3-2-7(12)6-8(9)11/h2-3,6,14H,4-5,12H2,1H3,(H,13,15). The average Bonchev–Trinajstić information content (AvgIpc) is 2.27. The molecule has 0 aliphatic rings. The minimum atomic E-state index is -3.97. The molecule has 6 nitrogen and oxygen atoms in total. The Labute approximate surface area is 104 Å². The summed E-state index contributed by atoms with van der Waals surface area (Å²) in [4.78, 5) is 10.4. The van der Waals surface area contributed by atoms with Crippen LogP contribution in [0.4, 0.5) is 10.1 Å². The monoisotopic (exact) mass is 275 g/mol. The van der Waals surface area contributed by atoms with Gasteiger partial charge in [0.25, 0.3) is 0 Å². The van der Waals surface area contributed by atoms with E-state index in [2.05, 4.69) is 10.0 Å². The van der Waals surface area contributed by atoms with E-state index in [9.17, 15) is 17.6 Å². The second-order valence-electron chi connectivity index (χ2n) is 3.51. The molecule has 0 saturated carbocycles. The Hall–Kier alpha value is -1.67. The van der Waals surface area contributed by atoms with E-state index >= 15 is 0 Å². The Morgan fingerprint density at radius 2 is 2.11 bits per heavy atom. The number of carbonyl (C=O) groups excluding carboxylic acids is 1. The smallest absolute Gasteiger partial charge is 0.243 e. The van der Waals surface area contributed by atoms with E-state index in [0.29, 0.717) is 0 Å². The van der Waals surface area contributed by atoms with Crippen LogP contribution in [0, 0.1) is 5.82 Å². The van der Waals surface area contributed by atoms with Crippen molar-refractivity contribution in [2.75, 3.05) is 19.3 Å². The van der Waals surface area contributed by atoms with E-state index in [1.807, 2.05) is 0 Å². The summed E-state index contributed by atoms with van der Waals surface area (Å²) in [6.45, 7) is -0.105. The molecule has 0 saturated heterocycles. The highest BCUT2D eigenvalue weighted by Crippen LogP contribution is 2.16. The Morgan fingerprint density at radius 1 is 1.44 bits per heavy atom. The van der Waals surface area contributed by atoms with E-state index in [4.69, 9.17) is 5.73 Å². The predicted molar refractivity (Wildman–Crippen MR) is 64.7 cm³/mol. The molecule has 0 fully saturated rings. The molecule has 4 N–H and O–H groups in total. The molecule has 1 aromatic carbocycles. The van der Waals surface area contributed by atoms with E-state index in [0.717, 1.165) is 12.1 Å². The summed E-state index contributed by atoms with van der Waals surface area (Å²) in [6.07, 6.45) is -0.0215. The number of carbonyl (C=O) groups is 1. The van der Waals surface area contributed by atoms with Gasteiger partial charge >= 0.3 is 0 Å². The van der Waals surface area contributed by atoms with Crippen molar-refractivity contribution in [2.45, 2.75) is 11.3 Å². The fourth-order valence-electron chi connectivity index (χ4n) is 1.24. The van der Waals surface area contributed by atoms with Crippen molar-refractivity contribution in [1.82, 2.24) is 10.0 Å². The van der Waals surface area contributed by atoms with Gasteiger partial charge in [0.1, 0.15) is 10.7 Å². The highest BCUT2D eigenvalue weighted by molar-refractivity contribution is 7.89. The fourth-order valence-corrected chi connectivity index (χ4v) is 2.33. The summed E-state index contributed by atoms with van der Waals surface area (Å²) in [5.41, 5.74) is 5.46. The van der Waals surface area contributed by atoms with Crippen molar-refractivity contribution < 1.29 is 17.6 Å². The normalized spacial score (nSPS) is 11.2. The maximum atomic E-state index is 13.4. The number of nitrogens with two attached hydrogens (primary N) is 1. The van der Waals surface area contributed by atoms with Crippen molar-refractivity contribution in [1.29, 1.82) is 0 Å². The molecule has 1 aromatic rings. The van der Waals surface area contributed by atoms with Gasteiger partial charge in [-0.3, -0.25) is 4.79 Å². The molecule has 0 unspecified atom stereocenters. The predicted octanol–water partition coefficient (Wildman–Crippen LogP) is -0.178. The fraction of sp³-hybridized carbons (Fsp3) is 0.300. The maximum Gasteiger partial charge on any atom is 0.243 e. The van der Waals surface area contributed by atoms with Crippen LogP contribution >= 0.6 is 0 Å². The zero-order chi connectivity index (χ0) is 13.8. The van der Waals surface area contributed by atoms with Gasteiger partial charge in [0, 0.05) is 25.7 Å². The SMILES string of the molecule is CNC(=O)CCNS(=O)(=O)c1ccc(N)cc1F. The number of anilines is 1. The lowest BCUT2D eigenvalue weighted by molar-refractivity contribution is -0.120. The summed E-state index contributed by atoms with van der Waals surface area (Å²) in [5, 5.41) is 2.35. The molecule has 1 rings (SSSR count). The quantitative estimate of drug-likeness (QED) is 0.649. The van der Waals surface area contributed by atoms with Crippen LogP contribution < -0.4 is 15.8 Å². The number of hydrogen-bond acceptors (Lipinski definition) is 4. The lowest BCUT2D eigenvalue weighted by Gasteiger charge is -2.07. The van der Waals surface area contributed by atoms with Gasteiger partial charge in [-0.15, -0.1) is 0 Å². The molecule has 100 valence electrons. The molecule has 8 heteroatoms. The van der Waals surface area contributed by atoms with Crippen LogP contribution in [0.5, 0.6) is 0 Å². The topological polar surface area (TPSA) is 101 Å². The van der Waals surface area contributed by atoms with Crippen LogP contribution in [0.1, 0.15) is 6.42 Å². The number of amides is 1. The molecule has 0 radical (unpaired) electrons. The molecule has 18 heavy (non-hydrogen) atoms. The van der Waals surface area contributed by atoms with Crippen molar-refractivity contribution in [2.24, 2.45) is 0 Å². The molecular formula is C10H14FN3O3S. The van der Waals surface area contributed by atoms with Crippen LogP contribution in [-0.2, 0) is 14.8 Å². The lowest BCUT2D eigenvalue weighted by Crippen LogP contribution is -2.29. The molecule has 0 aromatic heterocycles. The Balaban J connectivity index is 2.77. The number of sulfonamides is 1. The van der Waals surface area contributed by atoms with Crippen molar-refractivity contribution in [3.05, 3.63) is 24.0 Å². The van der Waals surface area contributed by atoms with E-state index in [1.165, 1.54) is 13.1 Å². The summed E-state index contributed by atoms with van der Waals surface area (Å²) in [7, 11) is -2.53. The highest BCUT2D eigenvalue weighted by Gasteiger charge is 2.18. The van der Waals surface area contributed by atoms with E-state index in [1.54, 1.807) is 0 Å². The van der Waals surface area contributed by atoms with Gasteiger partial charge in [-0.1, -0.05) is 0 Å². The van der Waals surface area contributed by atoms with E-state index < -0.39 is 20.7 Å². The number of rotatable bonds is 5. The zero-order valence-electron chi connectivity index (χ0n) is 9.73. The highest BCUT2D eigenvalue weighted by atomic mass is 32.2. The first-order valence-electron chi connectivity index (χ1n) is 5.12. The first-order chi connectivity index (χ1) is 8.36. The molecular weight excluding hydrogens is 261 g/mol. The molecule has 0 heterocycles. The molecule has 0 atom stereocenters. The molecule has 0 bridgehead atoms. The second kappa shape index (κ2) is 5.78. The summed E-state index contributed by atoms with van der Waals surface area (Å²) >= 11 is 0. The average molecular weight is 275 g/mol. The van der Waals surface area contributed by atoms with Gasteiger partial charge in [0.05, 0.1) is 0 Å². The van der Waals surface area contributed by atoms with Crippen molar-refractivity contribution >= 4 is 21.6 Å². The molecule has 0 aliphatic heterocycles. The Bertz CT molecular complexity index is 545. The van der Waals surface area contributed by atoms with Gasteiger partial charge in [-0.25, -0.2) is 17.5 Å². The van der Waals surface area contributed by atoms with Crippen LogP contribution in [0.25, 0.3) is 0 Å². The molecule has 0 aliphatic carbocycles. The van der Waals surface area contributed by atoms with E-state index in [-0.39, 0.29) is 24.6 Å². The number of nitrogen functional groups attached to an aromatic ring is 1. The maximum absolute atomic E-state index is 13.4. The lowest BCUT2D eigenvalue weighted by atomic mass is 10.3. The first kappa shape index (κ1) is 14.4. The van der Waals surface area contributed by atoms with Crippen LogP contribution in [0.15, 0.2) is 23.1 Å². The molecule has 0 spiro atoms. The second-order valence-corrected chi connectivity index (χ2v) is 5.25. The third-order valence-electron chi connectivity index (χ3n) is 2.17. The van der Waals surface area contributed by atoms with Gasteiger partial charge in [-0.2, -0.15) is 0 Å². The summed E-state index contributed by atoms with van der Waals surface area (Å²) in [5.74, 6) is -1.24. The third kappa shape index (κ3) is 3.67. The Morgan fingerprint density at radius 3 is 2.67 bits per heavy atom. The summed E-state index contributed by atoms with van der Waals surface area (Å²) in [6, 6.07) is 3.29. The van der Waals surface area contributed by atoms with Gasteiger partial charge in [-0.05, 0) is 18.2 Å². The largest absolute Gasteiger partial charge is 0.399 e. The minimum absolute atomic E-state index is 0.0215. The molecule has 1 amide bonds. The number of hydrogen-bond donors (Lipinski definition) is 3. The number of benzene rings is 1. The minimum Gasteiger partial charge on any atom is -0.399 e. The van der Waals surface area contributed by atoms with Gasteiger partial charge < -0.3 is 11.1 Å². The first-order valence-corrected chi connectivity index (χ1v) is 6.60.